The number of methoxy groups -OCH3 is 2. The summed E-state index contributed by atoms with van der Waals surface area (Å²) in [7, 11) is 2.82. The lowest BCUT2D eigenvalue weighted by molar-refractivity contribution is 0.0911. The van der Waals surface area contributed by atoms with Gasteiger partial charge in [0.2, 0.25) is 0 Å². The molecule has 1 amide bonds. The first kappa shape index (κ1) is 18.5. The third-order valence-corrected chi connectivity index (χ3v) is 2.68. The van der Waals surface area contributed by atoms with Crippen LogP contribution in [0.1, 0.15) is 24.2 Å². The third-order valence-electron chi connectivity index (χ3n) is 2.68. The number of halogens is 2. The van der Waals surface area contributed by atoms with Gasteiger partial charge in [-0.15, -0.1) is 12.4 Å². The Bertz CT molecular complexity index is 481. The van der Waals surface area contributed by atoms with Crippen molar-refractivity contribution in [1.29, 1.82) is 0 Å². The van der Waals surface area contributed by atoms with E-state index < -0.39 is 17.3 Å². The first-order chi connectivity index (χ1) is 8.84. The molecule has 114 valence electrons. The van der Waals surface area contributed by atoms with E-state index in [9.17, 15) is 9.18 Å². The molecule has 3 N–H and O–H groups in total. The number of ether oxygens (including phenoxy) is 2. The molecule has 1 aromatic rings. The maximum atomic E-state index is 13.9. The van der Waals surface area contributed by atoms with Gasteiger partial charge >= 0.3 is 0 Å². The van der Waals surface area contributed by atoms with Crippen LogP contribution >= 0.6 is 12.4 Å². The Hall–Kier alpha value is -1.53. The standard InChI is InChI=1S/C13H19FN2O3.ClH/c1-13(2,7-15)16-12(17)8-5-10(18-3)11(19-4)6-9(8)14;/h5-6H,7,15H2,1-4H3,(H,16,17);1H. The minimum absolute atomic E-state index is 0. The van der Waals surface area contributed by atoms with Crippen LogP contribution in [0.4, 0.5) is 4.39 Å². The smallest absolute Gasteiger partial charge is 0.254 e. The molecule has 7 heteroatoms. The zero-order valence-corrected chi connectivity index (χ0v) is 12.8. The maximum Gasteiger partial charge on any atom is 0.254 e. The molecule has 0 bridgehead atoms. The van der Waals surface area contributed by atoms with E-state index in [-0.39, 0.29) is 30.3 Å². The van der Waals surface area contributed by atoms with Crippen molar-refractivity contribution in [3.05, 3.63) is 23.5 Å². The van der Waals surface area contributed by atoms with Gasteiger partial charge in [0.05, 0.1) is 19.8 Å². The lowest BCUT2D eigenvalue weighted by Gasteiger charge is -2.24. The fourth-order valence-electron chi connectivity index (χ4n) is 1.45. The van der Waals surface area contributed by atoms with Crippen molar-refractivity contribution in [2.45, 2.75) is 19.4 Å². The number of amides is 1. The van der Waals surface area contributed by atoms with Crippen molar-refractivity contribution in [3.63, 3.8) is 0 Å². The quantitative estimate of drug-likeness (QED) is 0.869. The summed E-state index contributed by atoms with van der Waals surface area (Å²) in [5.41, 5.74) is 4.79. The number of rotatable bonds is 5. The van der Waals surface area contributed by atoms with Crippen molar-refractivity contribution >= 4 is 18.3 Å². The minimum Gasteiger partial charge on any atom is -0.493 e. The largest absolute Gasteiger partial charge is 0.493 e. The molecule has 0 saturated heterocycles. The lowest BCUT2D eigenvalue weighted by Crippen LogP contribution is -2.49. The molecule has 0 radical (unpaired) electrons. The topological polar surface area (TPSA) is 73.6 Å². The maximum absolute atomic E-state index is 13.9. The van der Waals surface area contributed by atoms with Gasteiger partial charge < -0.3 is 20.5 Å². The van der Waals surface area contributed by atoms with Gasteiger partial charge in [-0.3, -0.25) is 4.79 Å². The Morgan fingerprint density at radius 1 is 1.30 bits per heavy atom. The van der Waals surface area contributed by atoms with Crippen molar-refractivity contribution in [2.24, 2.45) is 5.73 Å². The van der Waals surface area contributed by atoms with Crippen LogP contribution in [0.2, 0.25) is 0 Å². The van der Waals surface area contributed by atoms with E-state index in [1.54, 1.807) is 13.8 Å². The molecule has 0 aromatic heterocycles. The van der Waals surface area contributed by atoms with E-state index >= 15 is 0 Å². The van der Waals surface area contributed by atoms with Gasteiger partial charge in [0.15, 0.2) is 11.5 Å². The van der Waals surface area contributed by atoms with Gasteiger partial charge in [-0.1, -0.05) is 0 Å². The molecule has 0 aliphatic heterocycles. The van der Waals surface area contributed by atoms with E-state index in [1.165, 1.54) is 20.3 Å². The summed E-state index contributed by atoms with van der Waals surface area (Å²) in [5, 5.41) is 2.65. The van der Waals surface area contributed by atoms with Gasteiger partial charge in [-0.25, -0.2) is 4.39 Å². The van der Waals surface area contributed by atoms with Crippen LogP contribution in [0.15, 0.2) is 12.1 Å². The number of nitrogens with two attached hydrogens (primary N) is 1. The Balaban J connectivity index is 0.00000361. The van der Waals surface area contributed by atoms with E-state index in [4.69, 9.17) is 15.2 Å². The number of benzene rings is 1. The van der Waals surface area contributed by atoms with E-state index in [0.29, 0.717) is 5.75 Å². The molecular weight excluding hydrogens is 287 g/mol. The van der Waals surface area contributed by atoms with Gasteiger partial charge in [0, 0.05) is 18.2 Å². The zero-order valence-electron chi connectivity index (χ0n) is 12.0. The SMILES string of the molecule is COc1cc(F)c(C(=O)NC(C)(C)CN)cc1OC.Cl. The molecule has 1 rings (SSSR count). The van der Waals surface area contributed by atoms with Crippen LogP contribution in [0.3, 0.4) is 0 Å². The van der Waals surface area contributed by atoms with E-state index in [1.807, 2.05) is 0 Å². The second-order valence-corrected chi connectivity index (χ2v) is 4.73. The molecule has 0 spiro atoms. The van der Waals surface area contributed by atoms with Crippen LogP contribution in [0, 0.1) is 5.82 Å². The second kappa shape index (κ2) is 7.31. The monoisotopic (exact) mass is 306 g/mol. The third kappa shape index (κ3) is 4.25. The molecule has 0 heterocycles. The number of nitrogens with one attached hydrogen (secondary N) is 1. The van der Waals surface area contributed by atoms with Crippen LogP contribution < -0.4 is 20.5 Å². The average molecular weight is 307 g/mol. The highest BCUT2D eigenvalue weighted by Gasteiger charge is 2.23. The Morgan fingerprint density at radius 3 is 2.25 bits per heavy atom. The van der Waals surface area contributed by atoms with Gasteiger partial charge in [0.25, 0.3) is 5.91 Å². The van der Waals surface area contributed by atoms with Crippen molar-refractivity contribution in [2.75, 3.05) is 20.8 Å². The highest BCUT2D eigenvalue weighted by molar-refractivity contribution is 5.95. The molecule has 1 aromatic carbocycles. The number of carbonyl (C=O) groups excluding carboxylic acids is 1. The van der Waals surface area contributed by atoms with E-state index in [0.717, 1.165) is 6.07 Å². The zero-order chi connectivity index (χ0) is 14.6. The first-order valence-electron chi connectivity index (χ1n) is 5.78. The Labute approximate surface area is 124 Å². The number of hydrogen-bond acceptors (Lipinski definition) is 4. The van der Waals surface area contributed by atoms with Crippen LogP contribution in [-0.2, 0) is 0 Å². The van der Waals surface area contributed by atoms with Crippen molar-refractivity contribution in [1.82, 2.24) is 5.32 Å². The minimum atomic E-state index is -0.678. The van der Waals surface area contributed by atoms with E-state index in [2.05, 4.69) is 5.32 Å². The second-order valence-electron chi connectivity index (χ2n) is 4.73. The number of hydrogen-bond donors (Lipinski definition) is 2. The van der Waals surface area contributed by atoms with Gasteiger partial charge in [-0.05, 0) is 19.9 Å². The normalized spacial score (nSPS) is 10.5. The van der Waals surface area contributed by atoms with Crippen molar-refractivity contribution < 1.29 is 18.7 Å². The summed E-state index contributed by atoms with van der Waals surface area (Å²) >= 11 is 0. The van der Waals surface area contributed by atoms with Crippen LogP contribution in [0.5, 0.6) is 11.5 Å². The highest BCUT2D eigenvalue weighted by atomic mass is 35.5. The highest BCUT2D eigenvalue weighted by Crippen LogP contribution is 2.29. The summed E-state index contributed by atoms with van der Waals surface area (Å²) in [6.45, 7) is 3.75. The summed E-state index contributed by atoms with van der Waals surface area (Å²) in [6, 6.07) is 2.42. The molecule has 5 nitrogen and oxygen atoms in total. The molecule has 0 aliphatic rings. The van der Waals surface area contributed by atoms with Crippen LogP contribution in [-0.4, -0.2) is 32.2 Å². The molecule has 0 saturated carbocycles. The van der Waals surface area contributed by atoms with Gasteiger partial charge in [0.1, 0.15) is 5.82 Å². The summed E-state index contributed by atoms with van der Waals surface area (Å²) in [4.78, 5) is 12.0. The molecule has 0 unspecified atom stereocenters. The van der Waals surface area contributed by atoms with Gasteiger partial charge in [-0.2, -0.15) is 0 Å². The van der Waals surface area contributed by atoms with Crippen molar-refractivity contribution in [3.8, 4) is 11.5 Å². The molecule has 0 fully saturated rings. The molecule has 0 atom stereocenters. The summed E-state index contributed by atoms with van der Waals surface area (Å²) in [5.74, 6) is -0.703. The summed E-state index contributed by atoms with van der Waals surface area (Å²) in [6.07, 6.45) is 0. The lowest BCUT2D eigenvalue weighted by atomic mass is 10.0. The van der Waals surface area contributed by atoms with Crippen LogP contribution in [0.25, 0.3) is 0 Å². The first-order valence-corrected chi connectivity index (χ1v) is 5.78. The number of carbonyl (C=O) groups is 1. The fraction of sp³-hybridized carbons (Fsp3) is 0.462. The Morgan fingerprint density at radius 2 is 1.80 bits per heavy atom. The summed E-state index contributed by atoms with van der Waals surface area (Å²) < 4.78 is 23.9. The molecular formula is C13H20ClFN2O3. The molecule has 20 heavy (non-hydrogen) atoms. The predicted octanol–water partition coefficient (Wildman–Crippen LogP) is 1.73. The Kier molecular flexibility index (Phi) is 6.75. The predicted molar refractivity (Wildman–Crippen MR) is 77.4 cm³/mol. The fourth-order valence-corrected chi connectivity index (χ4v) is 1.45. The average Bonchev–Trinajstić information content (AvgIpc) is 2.37. The molecule has 0 aliphatic carbocycles.